The van der Waals surface area contributed by atoms with Gasteiger partial charge in [0.25, 0.3) is 22.9 Å². The molecule has 0 aliphatic heterocycles. The van der Waals surface area contributed by atoms with Crippen LogP contribution in [0.5, 0.6) is 0 Å². The van der Waals surface area contributed by atoms with Gasteiger partial charge in [0, 0.05) is 24.8 Å². The number of nitrogens with one attached hydrogen (secondary N) is 2. The fraction of sp³-hybridized carbons (Fsp3) is 0.130. The maximum atomic E-state index is 13.7. The van der Waals surface area contributed by atoms with E-state index in [0.29, 0.717) is 55.4 Å². The highest BCUT2D eigenvalue weighted by atomic mass is 35.5. The Morgan fingerprint density at radius 3 is 1.39 bits per heavy atom. The third-order valence-corrected chi connectivity index (χ3v) is 10.4. The fourth-order valence-corrected chi connectivity index (χ4v) is 6.76. The first-order valence-electron chi connectivity index (χ1n) is 19.1. The van der Waals surface area contributed by atoms with Crippen LogP contribution in [0.15, 0.2) is 131 Å². The summed E-state index contributed by atoms with van der Waals surface area (Å²) in [6, 6.07) is 26.2. The Bertz CT molecular complexity index is 2890. The number of pyridine rings is 6. The van der Waals surface area contributed by atoms with Crippen molar-refractivity contribution in [3.8, 4) is 0 Å². The Kier molecular flexibility index (Phi) is 13.2. The first kappa shape index (κ1) is 42.9. The summed E-state index contributed by atoms with van der Waals surface area (Å²) in [6.45, 7) is 4.29. The number of aryl methyl sites for hydroxylation is 2. The second kappa shape index (κ2) is 19.0. The molecule has 0 atom stereocenters. The van der Waals surface area contributed by atoms with Crippen molar-refractivity contribution in [1.29, 1.82) is 0 Å². The van der Waals surface area contributed by atoms with Crippen LogP contribution in [-0.2, 0) is 26.2 Å². The molecular weight excluding hydrogens is 837 g/mol. The summed E-state index contributed by atoms with van der Waals surface area (Å²) in [5.41, 5.74) is 4.63. The molecule has 0 bridgehead atoms. The number of carbonyl (C=O) groups is 2. The molecule has 0 radical (unpaired) electrons. The molecule has 0 saturated carbocycles. The normalized spacial score (nSPS) is 10.9. The number of fused-ring (bicyclic) bond motifs is 2. The topological polar surface area (TPSA) is 154 Å². The van der Waals surface area contributed by atoms with Crippen LogP contribution in [0.4, 0.5) is 8.78 Å². The lowest BCUT2D eigenvalue weighted by Gasteiger charge is -2.11. The first-order chi connectivity index (χ1) is 29.8. The van der Waals surface area contributed by atoms with Crippen molar-refractivity contribution in [1.82, 2.24) is 39.7 Å². The quantitative estimate of drug-likeness (QED) is 0.142. The Morgan fingerprint density at radius 1 is 0.597 bits per heavy atom. The molecule has 0 aliphatic rings. The van der Waals surface area contributed by atoms with Gasteiger partial charge >= 0.3 is 0 Å². The van der Waals surface area contributed by atoms with Gasteiger partial charge in [0.1, 0.15) is 11.6 Å². The van der Waals surface area contributed by atoms with Crippen LogP contribution in [0.3, 0.4) is 0 Å². The lowest BCUT2D eigenvalue weighted by atomic mass is 10.1. The van der Waals surface area contributed by atoms with Gasteiger partial charge in [0.2, 0.25) is 0 Å². The molecule has 0 fully saturated rings. The van der Waals surface area contributed by atoms with Gasteiger partial charge in [0.05, 0.1) is 91.9 Å². The van der Waals surface area contributed by atoms with Crippen molar-refractivity contribution in [2.45, 2.75) is 40.0 Å². The molecule has 2 N–H and O–H groups in total. The number of hydrogen-bond acceptors (Lipinski definition) is 8. The van der Waals surface area contributed by atoms with E-state index in [0.717, 1.165) is 11.4 Å². The zero-order valence-corrected chi connectivity index (χ0v) is 34.7. The predicted molar refractivity (Wildman–Crippen MR) is 233 cm³/mol. The van der Waals surface area contributed by atoms with Gasteiger partial charge in [0.15, 0.2) is 0 Å². The SMILES string of the molecule is Cc1nc2ccn(Cc3ccc(Cl)c(F)c3)c(=O)c2cc1C(=O)NCc1ccccn1.Cc1nc2ccn(Cc3ccc(Cl)c(F)c3)c(=O)c2cc1C(=O)NCc1ccccn1. The number of rotatable bonds is 10. The molecule has 0 saturated heterocycles. The van der Waals surface area contributed by atoms with E-state index in [1.807, 2.05) is 24.3 Å². The van der Waals surface area contributed by atoms with Gasteiger partial charge in [-0.2, -0.15) is 0 Å². The number of benzene rings is 2. The number of nitrogens with zero attached hydrogens (tertiary/aromatic N) is 6. The van der Waals surface area contributed by atoms with Crippen molar-refractivity contribution in [3.63, 3.8) is 0 Å². The number of carbonyl (C=O) groups excluding carboxylic acids is 2. The zero-order valence-electron chi connectivity index (χ0n) is 33.2. The van der Waals surface area contributed by atoms with Gasteiger partial charge in [-0.3, -0.25) is 39.1 Å². The average molecular weight is 874 g/mol. The molecule has 62 heavy (non-hydrogen) atoms. The van der Waals surface area contributed by atoms with Crippen LogP contribution in [0.1, 0.15) is 54.6 Å². The Hall–Kier alpha value is -7.16. The number of hydrogen-bond donors (Lipinski definition) is 2. The summed E-state index contributed by atoms with van der Waals surface area (Å²) in [5.74, 6) is -1.77. The van der Waals surface area contributed by atoms with Gasteiger partial charge in [-0.25, -0.2) is 8.78 Å². The van der Waals surface area contributed by atoms with Crippen molar-refractivity contribution in [2.75, 3.05) is 0 Å². The molecule has 8 rings (SSSR count). The standard InChI is InChI=1S/2C23H18ClFN4O2/c2*1-14-17(22(30)27-12-16-4-2-3-8-26-16)11-18-21(28-14)7-9-29(23(18)31)13-15-5-6-19(24)20(25)10-15/h2*2-11H,12-13H2,1H3,(H,27,30). The van der Waals surface area contributed by atoms with Crippen LogP contribution in [0.25, 0.3) is 21.8 Å². The summed E-state index contributed by atoms with van der Waals surface area (Å²) in [5, 5.41) is 6.27. The predicted octanol–water partition coefficient (Wildman–Crippen LogP) is 7.74. The van der Waals surface area contributed by atoms with Crippen molar-refractivity contribution < 1.29 is 18.4 Å². The molecule has 12 nitrogen and oxygen atoms in total. The third kappa shape index (κ3) is 10.1. The maximum Gasteiger partial charge on any atom is 0.260 e. The highest BCUT2D eigenvalue weighted by molar-refractivity contribution is 6.31. The molecule has 6 heterocycles. The van der Waals surface area contributed by atoms with E-state index in [1.54, 1.807) is 87.2 Å². The third-order valence-electron chi connectivity index (χ3n) is 9.77. The molecule has 2 aromatic carbocycles. The lowest BCUT2D eigenvalue weighted by Crippen LogP contribution is -2.26. The van der Waals surface area contributed by atoms with Gasteiger partial charge in [-0.05, 0) is 97.8 Å². The smallest absolute Gasteiger partial charge is 0.260 e. The molecule has 0 aliphatic carbocycles. The first-order valence-corrected chi connectivity index (χ1v) is 19.9. The number of halogens is 4. The van der Waals surface area contributed by atoms with E-state index in [1.165, 1.54) is 33.4 Å². The van der Waals surface area contributed by atoms with Crippen LogP contribution in [0, 0.1) is 25.5 Å². The summed E-state index contributed by atoms with van der Waals surface area (Å²) < 4.78 is 30.4. The van der Waals surface area contributed by atoms with E-state index < -0.39 is 11.6 Å². The van der Waals surface area contributed by atoms with Crippen molar-refractivity contribution in [2.24, 2.45) is 0 Å². The highest BCUT2D eigenvalue weighted by Crippen LogP contribution is 2.20. The molecular formula is C46H36Cl2F2N8O4. The molecule has 8 aromatic rings. The van der Waals surface area contributed by atoms with Crippen LogP contribution < -0.4 is 21.8 Å². The van der Waals surface area contributed by atoms with Crippen molar-refractivity contribution in [3.05, 3.63) is 209 Å². The van der Waals surface area contributed by atoms with Crippen molar-refractivity contribution >= 4 is 56.8 Å². The number of aromatic nitrogens is 6. The summed E-state index contributed by atoms with van der Waals surface area (Å²) >= 11 is 11.5. The summed E-state index contributed by atoms with van der Waals surface area (Å²) in [6.07, 6.45) is 6.51. The molecule has 16 heteroatoms. The summed E-state index contributed by atoms with van der Waals surface area (Å²) in [4.78, 5) is 68.6. The van der Waals surface area contributed by atoms with E-state index >= 15 is 0 Å². The van der Waals surface area contributed by atoms with E-state index in [9.17, 15) is 28.0 Å². The minimum absolute atomic E-state index is 0.0237. The molecule has 0 unspecified atom stereocenters. The second-order valence-corrected chi connectivity index (χ2v) is 14.9. The van der Waals surface area contributed by atoms with E-state index in [-0.39, 0.29) is 59.2 Å². The van der Waals surface area contributed by atoms with Gasteiger partial charge in [-0.1, -0.05) is 47.5 Å². The lowest BCUT2D eigenvalue weighted by molar-refractivity contribution is 0.0941. The Balaban J connectivity index is 0.000000186. The Morgan fingerprint density at radius 2 is 1.02 bits per heavy atom. The molecule has 0 spiro atoms. The highest BCUT2D eigenvalue weighted by Gasteiger charge is 2.17. The van der Waals surface area contributed by atoms with Crippen LogP contribution >= 0.6 is 23.2 Å². The minimum atomic E-state index is -0.544. The van der Waals surface area contributed by atoms with Crippen LogP contribution in [-0.4, -0.2) is 40.9 Å². The molecule has 312 valence electrons. The second-order valence-electron chi connectivity index (χ2n) is 14.1. The largest absolute Gasteiger partial charge is 0.346 e. The minimum Gasteiger partial charge on any atom is -0.346 e. The Labute approximate surface area is 362 Å². The molecule has 6 aromatic heterocycles. The van der Waals surface area contributed by atoms with Crippen LogP contribution in [0.2, 0.25) is 10.0 Å². The fourth-order valence-electron chi connectivity index (χ4n) is 6.53. The van der Waals surface area contributed by atoms with Gasteiger partial charge < -0.3 is 19.8 Å². The summed E-state index contributed by atoms with van der Waals surface area (Å²) in [7, 11) is 0. The van der Waals surface area contributed by atoms with Gasteiger partial charge in [-0.15, -0.1) is 0 Å². The maximum absolute atomic E-state index is 13.7. The van der Waals surface area contributed by atoms with E-state index in [4.69, 9.17) is 23.2 Å². The zero-order chi connectivity index (χ0) is 43.9. The monoisotopic (exact) mass is 872 g/mol. The molecule has 2 amide bonds. The average Bonchev–Trinajstić information content (AvgIpc) is 3.27. The number of amides is 2. The van der Waals surface area contributed by atoms with E-state index in [2.05, 4.69) is 30.6 Å².